The molecule has 0 aromatic carbocycles. The second-order valence-corrected chi connectivity index (χ2v) is 1.91. The number of ether oxygens (including phenoxy) is 1. The molecule has 0 saturated carbocycles. The molecular weight excluding hydrogens is 130 g/mol. The van der Waals surface area contributed by atoms with Crippen LogP contribution in [0.4, 0.5) is 0 Å². The SMILES string of the molecule is Cc1cncc(OC=O)c1. The maximum Gasteiger partial charge on any atom is 0.298 e. The third-order valence-electron chi connectivity index (χ3n) is 1.03. The van der Waals surface area contributed by atoms with Crippen molar-refractivity contribution in [3.8, 4) is 5.75 Å². The zero-order valence-electron chi connectivity index (χ0n) is 5.57. The number of carbonyl (C=O) groups excluding carboxylic acids is 1. The number of hydrogen-bond donors (Lipinski definition) is 0. The van der Waals surface area contributed by atoms with Crippen LogP contribution in [0.1, 0.15) is 5.56 Å². The highest BCUT2D eigenvalue weighted by Gasteiger charge is 1.90. The van der Waals surface area contributed by atoms with Crippen molar-refractivity contribution in [2.45, 2.75) is 6.92 Å². The van der Waals surface area contributed by atoms with Gasteiger partial charge in [0.15, 0.2) is 0 Å². The summed E-state index contributed by atoms with van der Waals surface area (Å²) in [6.45, 7) is 2.26. The summed E-state index contributed by atoms with van der Waals surface area (Å²) in [6.07, 6.45) is 3.18. The molecule has 3 heteroatoms. The second kappa shape index (κ2) is 2.96. The number of hydrogen-bond acceptors (Lipinski definition) is 3. The molecule has 0 aliphatic carbocycles. The van der Waals surface area contributed by atoms with Crippen molar-refractivity contribution < 1.29 is 9.53 Å². The number of pyridine rings is 1. The topological polar surface area (TPSA) is 39.2 Å². The fourth-order valence-corrected chi connectivity index (χ4v) is 0.647. The fourth-order valence-electron chi connectivity index (χ4n) is 0.647. The minimum absolute atomic E-state index is 0.385. The van der Waals surface area contributed by atoms with Crippen LogP contribution in [0.25, 0.3) is 0 Å². The minimum Gasteiger partial charge on any atom is -0.427 e. The molecule has 1 aromatic rings. The van der Waals surface area contributed by atoms with Crippen LogP contribution in [-0.2, 0) is 4.79 Å². The summed E-state index contributed by atoms with van der Waals surface area (Å²) in [6, 6.07) is 1.74. The summed E-state index contributed by atoms with van der Waals surface area (Å²) in [5.74, 6) is 0.481. The number of aromatic nitrogens is 1. The highest BCUT2D eigenvalue weighted by atomic mass is 16.5. The van der Waals surface area contributed by atoms with E-state index in [4.69, 9.17) is 0 Å². The molecule has 0 atom stereocenters. The summed E-state index contributed by atoms with van der Waals surface area (Å²) >= 11 is 0. The Hall–Kier alpha value is -1.38. The van der Waals surface area contributed by atoms with Crippen LogP contribution < -0.4 is 4.74 Å². The van der Waals surface area contributed by atoms with Crippen molar-refractivity contribution >= 4 is 6.47 Å². The first kappa shape index (κ1) is 6.74. The van der Waals surface area contributed by atoms with E-state index >= 15 is 0 Å². The summed E-state index contributed by atoms with van der Waals surface area (Å²) in [5.41, 5.74) is 0.972. The molecule has 0 fully saturated rings. The lowest BCUT2D eigenvalue weighted by Crippen LogP contribution is -1.89. The third-order valence-corrected chi connectivity index (χ3v) is 1.03. The van der Waals surface area contributed by atoms with Gasteiger partial charge in [0.05, 0.1) is 6.20 Å². The number of nitrogens with zero attached hydrogens (tertiary/aromatic N) is 1. The van der Waals surface area contributed by atoms with Gasteiger partial charge in [-0.25, -0.2) is 0 Å². The van der Waals surface area contributed by atoms with Crippen LogP contribution in [0.2, 0.25) is 0 Å². The summed E-state index contributed by atoms with van der Waals surface area (Å²) in [5, 5.41) is 0. The lowest BCUT2D eigenvalue weighted by Gasteiger charge is -1.95. The number of aryl methyl sites for hydroxylation is 1. The Morgan fingerprint density at radius 2 is 2.40 bits per heavy atom. The van der Waals surface area contributed by atoms with Gasteiger partial charge in [0, 0.05) is 6.20 Å². The molecule has 0 radical (unpaired) electrons. The Morgan fingerprint density at radius 3 is 3.00 bits per heavy atom. The average molecular weight is 137 g/mol. The van der Waals surface area contributed by atoms with Crippen LogP contribution in [0, 0.1) is 6.92 Å². The molecule has 0 aliphatic rings. The fraction of sp³-hybridized carbons (Fsp3) is 0.143. The van der Waals surface area contributed by atoms with Gasteiger partial charge >= 0.3 is 0 Å². The van der Waals surface area contributed by atoms with Crippen molar-refractivity contribution in [1.29, 1.82) is 0 Å². The highest BCUT2D eigenvalue weighted by Crippen LogP contribution is 2.08. The highest BCUT2D eigenvalue weighted by molar-refractivity contribution is 5.44. The van der Waals surface area contributed by atoms with Crippen LogP contribution in [0.15, 0.2) is 18.5 Å². The Bertz CT molecular complexity index is 235. The molecule has 0 unspecified atom stereocenters. The molecule has 0 saturated heterocycles. The van der Waals surface area contributed by atoms with E-state index in [1.54, 1.807) is 12.3 Å². The summed E-state index contributed by atoms with van der Waals surface area (Å²) < 4.78 is 4.54. The summed E-state index contributed by atoms with van der Waals surface area (Å²) in [7, 11) is 0. The van der Waals surface area contributed by atoms with Gasteiger partial charge in [-0.05, 0) is 18.6 Å². The van der Waals surface area contributed by atoms with Crippen LogP contribution in [0.3, 0.4) is 0 Å². The minimum atomic E-state index is 0.385. The van der Waals surface area contributed by atoms with Crippen molar-refractivity contribution in [2.75, 3.05) is 0 Å². The standard InChI is InChI=1S/C7H7NO2/c1-6-2-7(10-5-9)4-8-3-6/h2-5H,1H3. The van der Waals surface area contributed by atoms with Crippen molar-refractivity contribution in [2.24, 2.45) is 0 Å². The molecule has 1 heterocycles. The summed E-state index contributed by atoms with van der Waals surface area (Å²) in [4.78, 5) is 13.7. The zero-order valence-corrected chi connectivity index (χ0v) is 5.57. The van der Waals surface area contributed by atoms with Crippen molar-refractivity contribution in [3.05, 3.63) is 24.0 Å². The van der Waals surface area contributed by atoms with Gasteiger partial charge in [0.1, 0.15) is 5.75 Å². The first-order valence-corrected chi connectivity index (χ1v) is 2.85. The number of rotatable bonds is 2. The van der Waals surface area contributed by atoms with E-state index in [9.17, 15) is 4.79 Å². The Labute approximate surface area is 58.7 Å². The maximum atomic E-state index is 9.84. The molecule has 10 heavy (non-hydrogen) atoms. The Balaban J connectivity index is 2.84. The van der Waals surface area contributed by atoms with Crippen LogP contribution in [-0.4, -0.2) is 11.5 Å². The molecule has 1 aromatic heterocycles. The first-order valence-electron chi connectivity index (χ1n) is 2.85. The zero-order chi connectivity index (χ0) is 7.40. The molecule has 0 amide bonds. The van der Waals surface area contributed by atoms with Crippen molar-refractivity contribution in [3.63, 3.8) is 0 Å². The lowest BCUT2D eigenvalue weighted by atomic mass is 10.3. The van der Waals surface area contributed by atoms with Crippen LogP contribution >= 0.6 is 0 Å². The molecule has 52 valence electrons. The van der Waals surface area contributed by atoms with E-state index in [1.807, 2.05) is 6.92 Å². The van der Waals surface area contributed by atoms with E-state index in [1.165, 1.54) is 6.20 Å². The molecule has 0 aliphatic heterocycles. The van der Waals surface area contributed by atoms with E-state index in [0.717, 1.165) is 5.56 Å². The monoisotopic (exact) mass is 137 g/mol. The van der Waals surface area contributed by atoms with Gasteiger partial charge in [-0.2, -0.15) is 0 Å². The molecule has 1 rings (SSSR count). The van der Waals surface area contributed by atoms with E-state index in [-0.39, 0.29) is 0 Å². The van der Waals surface area contributed by atoms with Gasteiger partial charge in [0.2, 0.25) is 0 Å². The first-order chi connectivity index (χ1) is 4.83. The normalized spacial score (nSPS) is 8.90. The van der Waals surface area contributed by atoms with Gasteiger partial charge in [-0.3, -0.25) is 9.78 Å². The van der Waals surface area contributed by atoms with Gasteiger partial charge in [-0.15, -0.1) is 0 Å². The smallest absolute Gasteiger partial charge is 0.298 e. The molecule has 0 bridgehead atoms. The molecule has 0 spiro atoms. The second-order valence-electron chi connectivity index (χ2n) is 1.91. The number of carbonyl (C=O) groups is 1. The van der Waals surface area contributed by atoms with E-state index < -0.39 is 0 Å². The van der Waals surface area contributed by atoms with E-state index in [0.29, 0.717) is 12.2 Å². The predicted molar refractivity (Wildman–Crippen MR) is 35.7 cm³/mol. The molecule has 3 nitrogen and oxygen atoms in total. The lowest BCUT2D eigenvalue weighted by molar-refractivity contribution is -0.120. The van der Waals surface area contributed by atoms with Gasteiger partial charge in [-0.1, -0.05) is 0 Å². The van der Waals surface area contributed by atoms with Gasteiger partial charge < -0.3 is 4.74 Å². The van der Waals surface area contributed by atoms with E-state index in [2.05, 4.69) is 9.72 Å². The quantitative estimate of drug-likeness (QED) is 0.569. The van der Waals surface area contributed by atoms with Crippen LogP contribution in [0.5, 0.6) is 5.75 Å². The van der Waals surface area contributed by atoms with Gasteiger partial charge in [0.25, 0.3) is 6.47 Å². The average Bonchev–Trinajstić information content (AvgIpc) is 1.88. The largest absolute Gasteiger partial charge is 0.427 e. The maximum absolute atomic E-state index is 9.84. The molecular formula is C7H7NO2. The molecule has 0 N–H and O–H groups in total. The Morgan fingerprint density at radius 1 is 1.60 bits per heavy atom. The van der Waals surface area contributed by atoms with Crippen molar-refractivity contribution in [1.82, 2.24) is 4.98 Å². The Kier molecular flexibility index (Phi) is 1.99. The third kappa shape index (κ3) is 1.55. The predicted octanol–water partition coefficient (Wildman–Crippen LogP) is 0.925.